The van der Waals surface area contributed by atoms with Crippen LogP contribution in [0, 0.1) is 21.4 Å². The summed E-state index contributed by atoms with van der Waals surface area (Å²) >= 11 is 0. The van der Waals surface area contributed by atoms with E-state index in [1.165, 1.54) is 22.8 Å². The Kier molecular flexibility index (Phi) is 4.48. The van der Waals surface area contributed by atoms with E-state index >= 15 is 0 Å². The van der Waals surface area contributed by atoms with Crippen LogP contribution in [0.5, 0.6) is 0 Å². The average molecular weight is 340 g/mol. The molecule has 0 spiro atoms. The fourth-order valence-electron chi connectivity index (χ4n) is 3.17. The zero-order valence-electron chi connectivity index (χ0n) is 13.5. The Bertz CT molecular complexity index is 997. The van der Waals surface area contributed by atoms with Gasteiger partial charge in [0.05, 0.1) is 11.5 Å². The Morgan fingerprint density at radius 1 is 1.24 bits per heavy atom. The standard InChI is InChI=1S/C17H16N4O4/c18-10-14-15-7-2-1-3-8-19(15)17(23)20(16(14)22)11-12-5-4-6-13(9-12)21(24)25/h4-6,9H,1-3,7-8,11H2. The lowest BCUT2D eigenvalue weighted by atomic mass is 10.1. The molecule has 0 radical (unpaired) electrons. The lowest BCUT2D eigenvalue weighted by molar-refractivity contribution is -0.384. The lowest BCUT2D eigenvalue weighted by Crippen LogP contribution is -2.43. The van der Waals surface area contributed by atoms with Crippen LogP contribution in [0.15, 0.2) is 33.9 Å². The SMILES string of the molecule is N#Cc1c2n(c(=O)n(Cc3cccc([N+](=O)[O-])c3)c1=O)CCCCC2. The van der Waals surface area contributed by atoms with Gasteiger partial charge in [-0.15, -0.1) is 0 Å². The van der Waals surface area contributed by atoms with E-state index in [0.717, 1.165) is 23.8 Å². The van der Waals surface area contributed by atoms with Crippen molar-refractivity contribution in [2.75, 3.05) is 0 Å². The minimum absolute atomic E-state index is 0.00747. The fourth-order valence-corrected chi connectivity index (χ4v) is 3.17. The molecular formula is C17H16N4O4. The van der Waals surface area contributed by atoms with Gasteiger partial charge in [-0.3, -0.25) is 24.0 Å². The molecule has 2 aromatic rings. The second-order valence-corrected chi connectivity index (χ2v) is 6.00. The first kappa shape index (κ1) is 16.6. The minimum Gasteiger partial charge on any atom is -0.296 e. The van der Waals surface area contributed by atoms with E-state index in [-0.39, 0.29) is 17.8 Å². The Morgan fingerprint density at radius 2 is 2.04 bits per heavy atom. The van der Waals surface area contributed by atoms with Gasteiger partial charge in [0.2, 0.25) is 0 Å². The van der Waals surface area contributed by atoms with Crippen molar-refractivity contribution in [2.45, 2.75) is 38.8 Å². The first-order valence-corrected chi connectivity index (χ1v) is 8.03. The van der Waals surface area contributed by atoms with Crippen molar-refractivity contribution in [1.29, 1.82) is 5.26 Å². The van der Waals surface area contributed by atoms with Crippen LogP contribution in [0.4, 0.5) is 5.69 Å². The van der Waals surface area contributed by atoms with E-state index < -0.39 is 16.2 Å². The van der Waals surface area contributed by atoms with E-state index in [1.807, 2.05) is 6.07 Å². The van der Waals surface area contributed by atoms with Crippen molar-refractivity contribution < 1.29 is 4.92 Å². The molecule has 0 aliphatic carbocycles. The molecule has 0 saturated heterocycles. The Morgan fingerprint density at radius 3 is 2.76 bits per heavy atom. The molecule has 8 nitrogen and oxygen atoms in total. The van der Waals surface area contributed by atoms with Gasteiger partial charge in [0.15, 0.2) is 0 Å². The Labute approximate surface area is 142 Å². The van der Waals surface area contributed by atoms with Gasteiger partial charge in [0, 0.05) is 24.4 Å². The summed E-state index contributed by atoms with van der Waals surface area (Å²) in [4.78, 5) is 35.7. The maximum Gasteiger partial charge on any atom is 0.331 e. The van der Waals surface area contributed by atoms with Crippen molar-refractivity contribution in [3.63, 3.8) is 0 Å². The highest BCUT2D eigenvalue weighted by molar-refractivity contribution is 5.35. The van der Waals surface area contributed by atoms with Crippen molar-refractivity contribution in [1.82, 2.24) is 9.13 Å². The number of nitrogens with zero attached hydrogens (tertiary/aromatic N) is 4. The van der Waals surface area contributed by atoms with Gasteiger partial charge < -0.3 is 0 Å². The van der Waals surface area contributed by atoms with Crippen molar-refractivity contribution >= 4 is 5.69 Å². The number of fused-ring (bicyclic) bond motifs is 1. The topological polar surface area (TPSA) is 111 Å². The predicted molar refractivity (Wildman–Crippen MR) is 89.4 cm³/mol. The molecule has 25 heavy (non-hydrogen) atoms. The van der Waals surface area contributed by atoms with Gasteiger partial charge in [-0.05, 0) is 24.8 Å². The number of nitriles is 1. The molecule has 1 aliphatic rings. The van der Waals surface area contributed by atoms with E-state index in [2.05, 4.69) is 0 Å². The zero-order chi connectivity index (χ0) is 18.0. The zero-order valence-corrected chi connectivity index (χ0v) is 13.5. The number of hydrogen-bond donors (Lipinski definition) is 0. The second-order valence-electron chi connectivity index (χ2n) is 6.00. The number of nitro groups is 1. The molecule has 0 saturated carbocycles. The van der Waals surface area contributed by atoms with E-state index in [9.17, 15) is 25.0 Å². The van der Waals surface area contributed by atoms with Crippen LogP contribution >= 0.6 is 0 Å². The van der Waals surface area contributed by atoms with Crippen LogP contribution in [0.2, 0.25) is 0 Å². The van der Waals surface area contributed by atoms with Gasteiger partial charge >= 0.3 is 5.69 Å². The summed E-state index contributed by atoms with van der Waals surface area (Å²) in [6.45, 7) is 0.367. The molecule has 8 heteroatoms. The lowest BCUT2D eigenvalue weighted by Gasteiger charge is -2.14. The van der Waals surface area contributed by atoms with Crippen molar-refractivity contribution in [2.24, 2.45) is 0 Å². The van der Waals surface area contributed by atoms with Crippen LogP contribution in [0.25, 0.3) is 0 Å². The van der Waals surface area contributed by atoms with Gasteiger partial charge in [-0.1, -0.05) is 18.6 Å². The molecule has 0 bridgehead atoms. The Balaban J connectivity index is 2.14. The monoisotopic (exact) mass is 340 g/mol. The van der Waals surface area contributed by atoms with Gasteiger partial charge in [-0.25, -0.2) is 4.79 Å². The van der Waals surface area contributed by atoms with Crippen LogP contribution in [-0.4, -0.2) is 14.1 Å². The molecule has 3 rings (SSSR count). The highest BCUT2D eigenvalue weighted by atomic mass is 16.6. The molecule has 0 unspecified atom stereocenters. The number of benzene rings is 1. The average Bonchev–Trinajstić information content (AvgIpc) is 2.85. The largest absolute Gasteiger partial charge is 0.331 e. The molecule has 128 valence electrons. The van der Waals surface area contributed by atoms with Crippen molar-refractivity contribution in [3.8, 4) is 6.07 Å². The molecule has 2 heterocycles. The van der Waals surface area contributed by atoms with E-state index in [1.54, 1.807) is 6.07 Å². The summed E-state index contributed by atoms with van der Waals surface area (Å²) in [5, 5.41) is 20.3. The number of nitro benzene ring substituents is 1. The summed E-state index contributed by atoms with van der Waals surface area (Å²) < 4.78 is 2.50. The molecule has 1 aromatic carbocycles. The first-order valence-electron chi connectivity index (χ1n) is 8.03. The molecule has 1 aromatic heterocycles. The third kappa shape index (κ3) is 3.08. The van der Waals surface area contributed by atoms with Crippen LogP contribution < -0.4 is 11.2 Å². The minimum atomic E-state index is -0.632. The Hall–Kier alpha value is -3.21. The van der Waals surface area contributed by atoms with Gasteiger partial charge in [0.1, 0.15) is 11.6 Å². The predicted octanol–water partition coefficient (Wildman–Crippen LogP) is 1.56. The highest BCUT2D eigenvalue weighted by Crippen LogP contribution is 2.16. The summed E-state index contributed by atoms with van der Waals surface area (Å²) in [5.41, 5.74) is -0.246. The second kappa shape index (κ2) is 6.73. The number of hydrogen-bond acceptors (Lipinski definition) is 5. The normalized spacial score (nSPS) is 13.6. The summed E-state index contributed by atoms with van der Waals surface area (Å²) in [6.07, 6.45) is 3.12. The number of aromatic nitrogens is 2. The first-order chi connectivity index (χ1) is 12.0. The van der Waals surface area contributed by atoms with Crippen LogP contribution in [-0.2, 0) is 19.5 Å². The fraction of sp³-hybridized carbons (Fsp3) is 0.353. The van der Waals surface area contributed by atoms with Crippen molar-refractivity contribution in [3.05, 3.63) is 72.0 Å². The molecule has 0 fully saturated rings. The van der Waals surface area contributed by atoms with Gasteiger partial charge in [-0.2, -0.15) is 5.26 Å². The molecule has 1 aliphatic heterocycles. The van der Waals surface area contributed by atoms with E-state index in [4.69, 9.17) is 0 Å². The molecule has 0 atom stereocenters. The third-order valence-corrected chi connectivity index (χ3v) is 4.40. The number of rotatable bonds is 3. The van der Waals surface area contributed by atoms with Crippen LogP contribution in [0.1, 0.15) is 36.1 Å². The van der Waals surface area contributed by atoms with Gasteiger partial charge in [0.25, 0.3) is 11.2 Å². The maximum absolute atomic E-state index is 12.8. The van der Waals surface area contributed by atoms with E-state index in [0.29, 0.717) is 24.2 Å². The van der Waals surface area contributed by atoms with Crippen LogP contribution in [0.3, 0.4) is 0 Å². The third-order valence-electron chi connectivity index (χ3n) is 4.40. The summed E-state index contributed by atoms with van der Waals surface area (Å²) in [5.74, 6) is 0. The number of non-ortho nitro benzene ring substituents is 1. The quantitative estimate of drug-likeness (QED) is 0.622. The molecule has 0 N–H and O–H groups in total. The highest BCUT2D eigenvalue weighted by Gasteiger charge is 2.20. The summed E-state index contributed by atoms with van der Waals surface area (Å²) in [7, 11) is 0. The molecule has 0 amide bonds. The smallest absolute Gasteiger partial charge is 0.296 e. The molecular weight excluding hydrogens is 324 g/mol. The summed E-state index contributed by atoms with van der Waals surface area (Å²) in [6, 6.07) is 7.72. The maximum atomic E-state index is 12.8.